The summed E-state index contributed by atoms with van der Waals surface area (Å²) in [6.07, 6.45) is -0.335. The number of aliphatic carboxylic acids is 1. The Morgan fingerprint density at radius 2 is 1.78 bits per heavy atom. The molecule has 0 amide bonds. The van der Waals surface area contributed by atoms with Gasteiger partial charge in [-0.05, 0) is 25.3 Å². The Hall–Kier alpha value is -1.35. The molecule has 0 spiro atoms. The van der Waals surface area contributed by atoms with Crippen LogP contribution in [0, 0.1) is 19.8 Å². The Morgan fingerprint density at radius 1 is 1.22 bits per heavy atom. The van der Waals surface area contributed by atoms with E-state index in [1.807, 2.05) is 39.8 Å². The number of ether oxygens (including phenoxy) is 1. The van der Waals surface area contributed by atoms with Crippen molar-refractivity contribution in [3.63, 3.8) is 0 Å². The van der Waals surface area contributed by atoms with Gasteiger partial charge in [0.05, 0.1) is 6.61 Å². The van der Waals surface area contributed by atoms with Crippen molar-refractivity contribution < 1.29 is 14.6 Å². The molecule has 1 rings (SSSR count). The fourth-order valence-corrected chi connectivity index (χ4v) is 1.93. The minimum Gasteiger partial charge on any atom is -0.479 e. The van der Waals surface area contributed by atoms with E-state index in [-0.39, 0.29) is 0 Å². The van der Waals surface area contributed by atoms with Gasteiger partial charge in [-0.1, -0.05) is 43.2 Å². The molecular weight excluding hydrogens is 228 g/mol. The van der Waals surface area contributed by atoms with E-state index < -0.39 is 12.1 Å². The van der Waals surface area contributed by atoms with E-state index in [4.69, 9.17) is 9.84 Å². The smallest absolute Gasteiger partial charge is 0.333 e. The average Bonchev–Trinajstić information content (AvgIpc) is 2.22. The van der Waals surface area contributed by atoms with Crippen LogP contribution in [-0.4, -0.2) is 23.8 Å². The minimum absolute atomic E-state index is 0.339. The number of hydrogen-bond acceptors (Lipinski definition) is 2. The quantitative estimate of drug-likeness (QED) is 0.844. The summed E-state index contributed by atoms with van der Waals surface area (Å²) in [5.74, 6) is -0.555. The Labute approximate surface area is 109 Å². The van der Waals surface area contributed by atoms with E-state index in [0.717, 1.165) is 16.7 Å². The summed E-state index contributed by atoms with van der Waals surface area (Å²) < 4.78 is 5.45. The van der Waals surface area contributed by atoms with E-state index in [0.29, 0.717) is 18.9 Å². The molecule has 0 radical (unpaired) electrons. The fraction of sp³-hybridized carbons (Fsp3) is 0.533. The molecule has 1 aromatic rings. The highest BCUT2D eigenvalue weighted by Gasteiger charge is 2.19. The molecule has 0 heterocycles. The first-order chi connectivity index (χ1) is 8.38. The van der Waals surface area contributed by atoms with Gasteiger partial charge in [0.2, 0.25) is 0 Å². The second kappa shape index (κ2) is 6.55. The topological polar surface area (TPSA) is 46.5 Å². The second-order valence-corrected chi connectivity index (χ2v) is 5.25. The summed E-state index contributed by atoms with van der Waals surface area (Å²) in [5, 5.41) is 9.16. The lowest BCUT2D eigenvalue weighted by atomic mass is 10.0. The van der Waals surface area contributed by atoms with Gasteiger partial charge < -0.3 is 9.84 Å². The van der Waals surface area contributed by atoms with Crippen LogP contribution in [0.3, 0.4) is 0 Å². The van der Waals surface area contributed by atoms with Crippen LogP contribution in [0.15, 0.2) is 18.2 Å². The van der Waals surface area contributed by atoms with E-state index in [1.54, 1.807) is 0 Å². The number of carbonyl (C=O) groups is 1. The van der Waals surface area contributed by atoms with Gasteiger partial charge in [-0.3, -0.25) is 0 Å². The van der Waals surface area contributed by atoms with Crippen LogP contribution < -0.4 is 0 Å². The predicted octanol–water partition coefficient (Wildman–Crippen LogP) is 2.97. The molecule has 0 unspecified atom stereocenters. The number of carboxylic acids is 1. The summed E-state index contributed by atoms with van der Waals surface area (Å²) in [6.45, 7) is 8.52. The van der Waals surface area contributed by atoms with Crippen LogP contribution in [0.5, 0.6) is 0 Å². The molecule has 1 atom stereocenters. The predicted molar refractivity (Wildman–Crippen MR) is 71.8 cm³/mol. The monoisotopic (exact) mass is 250 g/mol. The molecule has 0 aliphatic rings. The lowest BCUT2D eigenvalue weighted by molar-refractivity contribution is -0.150. The van der Waals surface area contributed by atoms with E-state index >= 15 is 0 Å². The summed E-state index contributed by atoms with van der Waals surface area (Å²) in [4.78, 5) is 11.2. The number of hydrogen-bond donors (Lipinski definition) is 1. The summed E-state index contributed by atoms with van der Waals surface area (Å²) in [7, 11) is 0. The Bertz CT molecular complexity index is 390. The van der Waals surface area contributed by atoms with Crippen LogP contribution in [0.2, 0.25) is 0 Å². The van der Waals surface area contributed by atoms with Crippen LogP contribution in [0.4, 0.5) is 0 Å². The first-order valence-corrected chi connectivity index (χ1v) is 6.30. The molecular formula is C15H22O3. The third-order valence-electron chi connectivity index (χ3n) is 2.61. The molecule has 0 aliphatic carbocycles. The van der Waals surface area contributed by atoms with Gasteiger partial charge in [-0.2, -0.15) is 0 Å². The maximum absolute atomic E-state index is 11.2. The van der Waals surface area contributed by atoms with Crippen LogP contribution >= 0.6 is 0 Å². The molecule has 1 N–H and O–H groups in total. The van der Waals surface area contributed by atoms with Gasteiger partial charge in [0.1, 0.15) is 0 Å². The van der Waals surface area contributed by atoms with E-state index in [9.17, 15) is 4.79 Å². The fourth-order valence-electron chi connectivity index (χ4n) is 1.93. The van der Waals surface area contributed by atoms with Crippen molar-refractivity contribution in [2.24, 2.45) is 5.92 Å². The van der Waals surface area contributed by atoms with E-state index in [1.165, 1.54) is 0 Å². The zero-order chi connectivity index (χ0) is 13.7. The highest BCUT2D eigenvalue weighted by Crippen LogP contribution is 2.13. The second-order valence-electron chi connectivity index (χ2n) is 5.25. The Kier molecular flexibility index (Phi) is 5.35. The number of benzene rings is 1. The van der Waals surface area contributed by atoms with Crippen molar-refractivity contribution in [1.82, 2.24) is 0 Å². The third-order valence-corrected chi connectivity index (χ3v) is 2.61. The maximum atomic E-state index is 11.2. The molecule has 0 aromatic heterocycles. The molecule has 1 aromatic carbocycles. The maximum Gasteiger partial charge on any atom is 0.333 e. The average molecular weight is 250 g/mol. The minimum atomic E-state index is -0.894. The van der Waals surface area contributed by atoms with Crippen molar-refractivity contribution >= 4 is 5.97 Å². The van der Waals surface area contributed by atoms with Gasteiger partial charge in [-0.25, -0.2) is 4.79 Å². The number of aryl methyl sites for hydroxylation is 2. The van der Waals surface area contributed by atoms with Crippen LogP contribution in [0.1, 0.15) is 30.5 Å². The van der Waals surface area contributed by atoms with E-state index in [2.05, 4.69) is 6.07 Å². The molecule has 3 heteroatoms. The lowest BCUT2D eigenvalue weighted by Gasteiger charge is -2.16. The van der Waals surface area contributed by atoms with Crippen molar-refractivity contribution in [1.29, 1.82) is 0 Å². The Balaban J connectivity index is 2.73. The zero-order valence-corrected chi connectivity index (χ0v) is 11.6. The molecule has 0 saturated carbocycles. The van der Waals surface area contributed by atoms with Gasteiger partial charge in [0.15, 0.2) is 6.10 Å². The van der Waals surface area contributed by atoms with Gasteiger partial charge in [-0.15, -0.1) is 0 Å². The normalized spacial score (nSPS) is 12.7. The molecule has 0 fully saturated rings. The van der Waals surface area contributed by atoms with Crippen molar-refractivity contribution in [2.75, 3.05) is 6.61 Å². The van der Waals surface area contributed by atoms with Crippen LogP contribution in [-0.2, 0) is 16.0 Å². The molecule has 0 aliphatic heterocycles. The highest BCUT2D eigenvalue weighted by atomic mass is 16.5. The summed E-state index contributed by atoms with van der Waals surface area (Å²) >= 11 is 0. The lowest BCUT2D eigenvalue weighted by Crippen LogP contribution is -2.28. The van der Waals surface area contributed by atoms with Gasteiger partial charge >= 0.3 is 5.97 Å². The third kappa shape index (κ3) is 4.88. The zero-order valence-electron chi connectivity index (χ0n) is 11.6. The standard InChI is InChI=1S/C15H22O3/c1-10(2)9-18-14(15(16)17)8-13-6-11(3)5-12(4)7-13/h5-7,10,14H,8-9H2,1-4H3,(H,16,17)/t14-/m1/s1. The summed E-state index contributed by atoms with van der Waals surface area (Å²) in [5.41, 5.74) is 3.32. The van der Waals surface area contributed by atoms with Gasteiger partial charge in [0.25, 0.3) is 0 Å². The Morgan fingerprint density at radius 3 is 2.22 bits per heavy atom. The largest absolute Gasteiger partial charge is 0.479 e. The van der Waals surface area contributed by atoms with Crippen molar-refractivity contribution in [2.45, 2.75) is 40.2 Å². The molecule has 0 saturated heterocycles. The molecule has 100 valence electrons. The SMILES string of the molecule is Cc1cc(C)cc(C[C@@H](OCC(C)C)C(=O)O)c1. The van der Waals surface area contributed by atoms with Crippen molar-refractivity contribution in [3.8, 4) is 0 Å². The molecule has 18 heavy (non-hydrogen) atoms. The van der Waals surface area contributed by atoms with Gasteiger partial charge in [0, 0.05) is 6.42 Å². The van der Waals surface area contributed by atoms with Crippen LogP contribution in [0.25, 0.3) is 0 Å². The summed E-state index contributed by atoms with van der Waals surface area (Å²) in [6, 6.07) is 6.11. The molecule has 3 nitrogen and oxygen atoms in total. The number of carboxylic acid groups (broad SMARTS) is 1. The highest BCUT2D eigenvalue weighted by molar-refractivity contribution is 5.72. The first-order valence-electron chi connectivity index (χ1n) is 6.30. The number of rotatable bonds is 6. The first kappa shape index (κ1) is 14.7. The van der Waals surface area contributed by atoms with Crippen molar-refractivity contribution in [3.05, 3.63) is 34.9 Å². The molecule has 0 bridgehead atoms.